The van der Waals surface area contributed by atoms with E-state index in [0.29, 0.717) is 4.67 Å². The van der Waals surface area contributed by atoms with Crippen molar-refractivity contribution in [1.82, 2.24) is 0 Å². The molecule has 20 heavy (non-hydrogen) atoms. The van der Waals surface area contributed by atoms with Gasteiger partial charge in [-0.25, -0.2) is 0 Å². The van der Waals surface area contributed by atoms with Gasteiger partial charge in [0.25, 0.3) is 5.91 Å². The fourth-order valence-corrected chi connectivity index (χ4v) is 2.15. The molecule has 106 valence electrons. The second-order valence-corrected chi connectivity index (χ2v) is 5.44. The van der Waals surface area contributed by atoms with Gasteiger partial charge in [0.2, 0.25) is 0 Å². The monoisotopic (exact) mass is 411 g/mol. The molecular weight excluding hydrogens is 407 g/mol. The first-order chi connectivity index (χ1) is 9.27. The lowest BCUT2D eigenvalue weighted by Gasteiger charge is -2.13. The maximum absolute atomic E-state index is 12.9. The molecule has 0 aliphatic carbocycles. The Balaban J connectivity index is 2.32. The summed E-state index contributed by atoms with van der Waals surface area (Å²) < 4.78 is 44.2. The van der Waals surface area contributed by atoms with E-state index in [1.54, 1.807) is 0 Å². The highest BCUT2D eigenvalue weighted by Gasteiger charge is 2.34. The lowest BCUT2D eigenvalue weighted by atomic mass is 10.1. The average molecular weight is 413 g/mol. The van der Waals surface area contributed by atoms with Crippen molar-refractivity contribution in [1.29, 1.82) is 0 Å². The third kappa shape index (κ3) is 3.43. The van der Waals surface area contributed by atoms with Crippen molar-refractivity contribution in [2.45, 2.75) is 6.18 Å². The number of halogens is 5. The molecule has 1 heterocycles. The van der Waals surface area contributed by atoms with Crippen LogP contribution in [-0.4, -0.2) is 5.91 Å². The van der Waals surface area contributed by atoms with E-state index in [-0.39, 0.29) is 15.9 Å². The molecule has 1 aromatic carbocycles. The van der Waals surface area contributed by atoms with Crippen LogP contribution in [0, 0.1) is 0 Å². The van der Waals surface area contributed by atoms with Crippen molar-refractivity contribution in [2.75, 3.05) is 5.32 Å². The number of amides is 1. The Hall–Kier alpha value is -1.28. The third-order valence-corrected chi connectivity index (χ3v) is 3.25. The first-order valence-electron chi connectivity index (χ1n) is 5.21. The molecule has 0 bridgehead atoms. The zero-order valence-corrected chi connectivity index (χ0v) is 12.8. The second-order valence-electron chi connectivity index (χ2n) is 3.75. The number of anilines is 1. The molecule has 0 fully saturated rings. The van der Waals surface area contributed by atoms with Gasteiger partial charge in [0, 0.05) is 4.47 Å². The molecule has 0 unspecified atom stereocenters. The van der Waals surface area contributed by atoms with Crippen molar-refractivity contribution in [3.8, 4) is 0 Å². The van der Waals surface area contributed by atoms with Crippen LogP contribution in [0.4, 0.5) is 18.9 Å². The Morgan fingerprint density at radius 2 is 1.85 bits per heavy atom. The maximum Gasteiger partial charge on any atom is 0.418 e. The molecule has 0 aliphatic heterocycles. The van der Waals surface area contributed by atoms with Gasteiger partial charge >= 0.3 is 6.18 Å². The van der Waals surface area contributed by atoms with Crippen LogP contribution >= 0.6 is 31.9 Å². The number of hydrogen-bond donors (Lipinski definition) is 1. The summed E-state index contributed by atoms with van der Waals surface area (Å²) in [7, 11) is 0. The Kier molecular flexibility index (Phi) is 4.24. The molecule has 0 saturated carbocycles. The quantitative estimate of drug-likeness (QED) is 0.747. The van der Waals surface area contributed by atoms with E-state index in [0.717, 1.165) is 6.07 Å². The second kappa shape index (κ2) is 5.61. The summed E-state index contributed by atoms with van der Waals surface area (Å²) in [5, 5.41) is 2.18. The van der Waals surface area contributed by atoms with Crippen molar-refractivity contribution in [3.63, 3.8) is 0 Å². The summed E-state index contributed by atoms with van der Waals surface area (Å²) in [5.41, 5.74) is -1.27. The predicted molar refractivity (Wildman–Crippen MR) is 73.5 cm³/mol. The van der Waals surface area contributed by atoms with Gasteiger partial charge in [-0.3, -0.25) is 4.79 Å². The third-order valence-electron chi connectivity index (χ3n) is 2.33. The highest BCUT2D eigenvalue weighted by Crippen LogP contribution is 2.36. The minimum atomic E-state index is -4.57. The smallest absolute Gasteiger partial charge is 0.418 e. The minimum absolute atomic E-state index is 0.0899. The Labute approximate surface area is 128 Å². The molecule has 0 aliphatic rings. The van der Waals surface area contributed by atoms with Crippen LogP contribution in [0.1, 0.15) is 16.1 Å². The normalized spacial score (nSPS) is 11.4. The van der Waals surface area contributed by atoms with Crippen molar-refractivity contribution < 1.29 is 22.4 Å². The van der Waals surface area contributed by atoms with Crippen molar-refractivity contribution >= 4 is 43.5 Å². The fraction of sp³-hybridized carbons (Fsp3) is 0.0833. The van der Waals surface area contributed by atoms with E-state index in [4.69, 9.17) is 4.42 Å². The number of alkyl halides is 3. The van der Waals surface area contributed by atoms with Gasteiger partial charge in [-0.15, -0.1) is 0 Å². The summed E-state index contributed by atoms with van der Waals surface area (Å²) in [6, 6.07) is 6.30. The average Bonchev–Trinajstić information content (AvgIpc) is 2.77. The first kappa shape index (κ1) is 15.1. The summed E-state index contributed by atoms with van der Waals surface area (Å²) >= 11 is 5.97. The standard InChI is InChI=1S/C12H6Br2F3NO2/c13-6-1-2-8(7(5-6)12(15,16)17)18-11(19)9-3-4-10(14)20-9/h1-5H,(H,18,19). The SMILES string of the molecule is O=C(Nc1ccc(Br)cc1C(F)(F)F)c1ccc(Br)o1. The number of benzene rings is 1. The van der Waals surface area contributed by atoms with Crippen LogP contribution in [0.5, 0.6) is 0 Å². The van der Waals surface area contributed by atoms with E-state index in [1.165, 1.54) is 24.3 Å². The van der Waals surface area contributed by atoms with E-state index in [2.05, 4.69) is 37.2 Å². The van der Waals surface area contributed by atoms with E-state index in [1.807, 2.05) is 0 Å². The maximum atomic E-state index is 12.9. The molecule has 8 heteroatoms. The predicted octanol–water partition coefficient (Wildman–Crippen LogP) is 5.08. The van der Waals surface area contributed by atoms with Crippen LogP contribution in [-0.2, 0) is 6.18 Å². The van der Waals surface area contributed by atoms with Crippen LogP contribution in [0.25, 0.3) is 0 Å². The number of carbonyl (C=O) groups excluding carboxylic acids is 1. The van der Waals surface area contributed by atoms with Gasteiger partial charge in [-0.2, -0.15) is 13.2 Å². The summed E-state index contributed by atoms with van der Waals surface area (Å²) in [5.74, 6) is -0.851. The Morgan fingerprint density at radius 3 is 2.40 bits per heavy atom. The van der Waals surface area contributed by atoms with Crippen LogP contribution < -0.4 is 5.32 Å². The largest absolute Gasteiger partial charge is 0.444 e. The summed E-state index contributed by atoms with van der Waals surface area (Å²) in [6.45, 7) is 0. The Bertz CT molecular complexity index is 652. The van der Waals surface area contributed by atoms with Gasteiger partial charge in [0.15, 0.2) is 10.4 Å². The minimum Gasteiger partial charge on any atom is -0.444 e. The first-order valence-corrected chi connectivity index (χ1v) is 6.79. The molecular formula is C12H6Br2F3NO2. The summed E-state index contributed by atoms with van der Waals surface area (Å²) in [4.78, 5) is 11.8. The highest BCUT2D eigenvalue weighted by atomic mass is 79.9. The fourth-order valence-electron chi connectivity index (χ4n) is 1.48. The number of rotatable bonds is 2. The van der Waals surface area contributed by atoms with Gasteiger partial charge in [-0.1, -0.05) is 15.9 Å². The zero-order valence-electron chi connectivity index (χ0n) is 9.59. The van der Waals surface area contributed by atoms with E-state index >= 15 is 0 Å². The van der Waals surface area contributed by atoms with E-state index < -0.39 is 17.6 Å². The summed E-state index contributed by atoms with van der Waals surface area (Å²) in [6.07, 6.45) is -4.57. The van der Waals surface area contributed by atoms with Crippen LogP contribution in [0.15, 0.2) is 43.9 Å². The lowest BCUT2D eigenvalue weighted by molar-refractivity contribution is -0.136. The molecule has 1 aromatic heterocycles. The highest BCUT2D eigenvalue weighted by molar-refractivity contribution is 9.10. The van der Waals surface area contributed by atoms with E-state index in [9.17, 15) is 18.0 Å². The van der Waals surface area contributed by atoms with Crippen molar-refractivity contribution in [3.05, 3.63) is 50.8 Å². The molecule has 3 nitrogen and oxygen atoms in total. The van der Waals surface area contributed by atoms with Gasteiger partial charge in [-0.05, 0) is 46.3 Å². The number of carbonyl (C=O) groups is 1. The molecule has 0 saturated heterocycles. The van der Waals surface area contributed by atoms with Crippen LogP contribution in [0.3, 0.4) is 0 Å². The molecule has 1 amide bonds. The number of nitrogens with one attached hydrogen (secondary N) is 1. The molecule has 0 spiro atoms. The zero-order chi connectivity index (χ0) is 14.9. The molecule has 0 atom stereocenters. The van der Waals surface area contributed by atoms with Gasteiger partial charge < -0.3 is 9.73 Å². The molecule has 0 radical (unpaired) electrons. The number of hydrogen-bond acceptors (Lipinski definition) is 2. The van der Waals surface area contributed by atoms with Crippen LogP contribution in [0.2, 0.25) is 0 Å². The molecule has 2 aromatic rings. The molecule has 2 rings (SSSR count). The van der Waals surface area contributed by atoms with Crippen molar-refractivity contribution in [2.24, 2.45) is 0 Å². The van der Waals surface area contributed by atoms with Gasteiger partial charge in [0.1, 0.15) is 0 Å². The van der Waals surface area contributed by atoms with Gasteiger partial charge in [0.05, 0.1) is 11.3 Å². The lowest BCUT2D eigenvalue weighted by Crippen LogP contribution is -2.16. The Morgan fingerprint density at radius 1 is 1.15 bits per heavy atom. The number of furan rings is 1. The molecule has 1 N–H and O–H groups in total. The topological polar surface area (TPSA) is 42.2 Å².